The van der Waals surface area contributed by atoms with Crippen LogP contribution in [0.5, 0.6) is 0 Å². The molecule has 0 saturated carbocycles. The Morgan fingerprint density at radius 1 is 1.54 bits per heavy atom. The molecule has 1 aliphatic heterocycles. The number of hydrogen-bond donors (Lipinski definition) is 2. The maximum Gasteiger partial charge on any atom is 0.327 e. The first-order valence-corrected chi connectivity index (χ1v) is 4.05. The molecule has 5 heteroatoms. The maximum absolute atomic E-state index is 10.8. The number of hydrogen-bond acceptors (Lipinski definition) is 4. The van der Waals surface area contributed by atoms with Gasteiger partial charge in [0, 0.05) is 25.4 Å². The van der Waals surface area contributed by atoms with E-state index in [9.17, 15) is 4.79 Å². The average molecular weight is 179 g/mol. The average Bonchev–Trinajstić information content (AvgIpc) is 2.17. The molecule has 0 fully saturated rings. The second kappa shape index (κ2) is 3.10. The van der Waals surface area contributed by atoms with E-state index in [0.29, 0.717) is 12.2 Å². The molecule has 0 bridgehead atoms. The summed E-state index contributed by atoms with van der Waals surface area (Å²) in [6.45, 7) is 0.642. The lowest BCUT2D eigenvalue weighted by atomic mass is 10.1. The first-order valence-electron chi connectivity index (χ1n) is 4.05. The molecule has 1 unspecified atom stereocenters. The van der Waals surface area contributed by atoms with Crippen LogP contribution in [0.2, 0.25) is 0 Å². The molecule has 13 heavy (non-hydrogen) atoms. The predicted molar refractivity (Wildman–Crippen MR) is 44.1 cm³/mol. The molecule has 0 radical (unpaired) electrons. The van der Waals surface area contributed by atoms with Crippen LogP contribution < -0.4 is 5.32 Å². The number of nitrogens with zero attached hydrogens (tertiary/aromatic N) is 2. The van der Waals surface area contributed by atoms with Crippen molar-refractivity contribution in [1.29, 1.82) is 0 Å². The van der Waals surface area contributed by atoms with Crippen molar-refractivity contribution in [2.75, 3.05) is 6.54 Å². The van der Waals surface area contributed by atoms with Gasteiger partial charge in [-0.1, -0.05) is 0 Å². The van der Waals surface area contributed by atoms with Crippen LogP contribution in [0.1, 0.15) is 17.4 Å². The van der Waals surface area contributed by atoms with Crippen molar-refractivity contribution in [3.8, 4) is 0 Å². The van der Waals surface area contributed by atoms with E-state index >= 15 is 0 Å². The van der Waals surface area contributed by atoms with Crippen LogP contribution in [-0.2, 0) is 11.2 Å². The number of carbonyl (C=O) groups is 1. The number of carboxylic acids is 1. The number of fused-ring (bicyclic) bond motifs is 1. The number of nitrogens with one attached hydrogen (secondary N) is 1. The zero-order valence-electron chi connectivity index (χ0n) is 6.90. The fourth-order valence-corrected chi connectivity index (χ4v) is 1.45. The standard InChI is InChI=1S/C8H9N3O2/c12-8(13)7-6-5(1-2-10-7)9-3-4-11-6/h3-4,7,10H,1-2H2,(H,12,13). The summed E-state index contributed by atoms with van der Waals surface area (Å²) in [5, 5.41) is 11.7. The highest BCUT2D eigenvalue weighted by Gasteiger charge is 2.27. The molecule has 1 aromatic rings. The summed E-state index contributed by atoms with van der Waals surface area (Å²) in [5.74, 6) is -0.901. The fourth-order valence-electron chi connectivity index (χ4n) is 1.45. The summed E-state index contributed by atoms with van der Waals surface area (Å²) < 4.78 is 0. The van der Waals surface area contributed by atoms with Gasteiger partial charge in [0.15, 0.2) is 6.04 Å². The van der Waals surface area contributed by atoms with Gasteiger partial charge in [0.2, 0.25) is 0 Å². The lowest BCUT2D eigenvalue weighted by Gasteiger charge is -2.20. The van der Waals surface area contributed by atoms with Crippen molar-refractivity contribution in [3.63, 3.8) is 0 Å². The highest BCUT2D eigenvalue weighted by atomic mass is 16.4. The quantitative estimate of drug-likeness (QED) is 0.621. The van der Waals surface area contributed by atoms with Gasteiger partial charge in [-0.3, -0.25) is 20.1 Å². The van der Waals surface area contributed by atoms with Gasteiger partial charge in [-0.25, -0.2) is 0 Å². The van der Waals surface area contributed by atoms with Crippen molar-refractivity contribution in [2.45, 2.75) is 12.5 Å². The van der Waals surface area contributed by atoms with E-state index in [2.05, 4.69) is 15.3 Å². The summed E-state index contributed by atoms with van der Waals surface area (Å²) in [5.41, 5.74) is 1.33. The van der Waals surface area contributed by atoms with Crippen LogP contribution in [0.3, 0.4) is 0 Å². The molecule has 2 heterocycles. The Bertz CT molecular complexity index is 340. The van der Waals surface area contributed by atoms with Crippen molar-refractivity contribution < 1.29 is 9.90 Å². The van der Waals surface area contributed by atoms with Gasteiger partial charge in [-0.15, -0.1) is 0 Å². The van der Waals surface area contributed by atoms with Crippen molar-refractivity contribution >= 4 is 5.97 Å². The molecule has 5 nitrogen and oxygen atoms in total. The molecular weight excluding hydrogens is 170 g/mol. The normalized spacial score (nSPS) is 20.8. The summed E-state index contributed by atoms with van der Waals surface area (Å²) in [4.78, 5) is 18.9. The monoisotopic (exact) mass is 179 g/mol. The van der Waals surface area contributed by atoms with Crippen LogP contribution in [0, 0.1) is 0 Å². The van der Waals surface area contributed by atoms with Crippen LogP contribution in [0.15, 0.2) is 12.4 Å². The minimum Gasteiger partial charge on any atom is -0.480 e. The van der Waals surface area contributed by atoms with E-state index in [1.54, 1.807) is 6.20 Å². The molecule has 2 N–H and O–H groups in total. The van der Waals surface area contributed by atoms with Crippen LogP contribution in [0.25, 0.3) is 0 Å². The third-order valence-electron chi connectivity index (χ3n) is 2.04. The van der Waals surface area contributed by atoms with E-state index in [1.165, 1.54) is 6.20 Å². The van der Waals surface area contributed by atoms with Crippen molar-refractivity contribution in [1.82, 2.24) is 15.3 Å². The molecule has 1 aliphatic rings. The molecule has 0 amide bonds. The summed E-state index contributed by atoms with van der Waals surface area (Å²) in [7, 11) is 0. The Kier molecular flexibility index (Phi) is 1.94. The SMILES string of the molecule is O=C(O)C1NCCc2nccnc21. The van der Waals surface area contributed by atoms with Crippen LogP contribution in [0.4, 0.5) is 0 Å². The minimum absolute atomic E-state index is 0.543. The predicted octanol–water partition coefficient (Wildman–Crippen LogP) is -0.252. The van der Waals surface area contributed by atoms with Crippen molar-refractivity contribution in [3.05, 3.63) is 23.8 Å². The lowest BCUT2D eigenvalue weighted by molar-refractivity contribution is -0.139. The molecule has 0 saturated heterocycles. The van der Waals surface area contributed by atoms with Gasteiger partial charge in [0.25, 0.3) is 0 Å². The zero-order chi connectivity index (χ0) is 9.26. The zero-order valence-corrected chi connectivity index (χ0v) is 6.90. The Morgan fingerprint density at radius 3 is 3.08 bits per heavy atom. The van der Waals surface area contributed by atoms with Gasteiger partial charge in [0.05, 0.1) is 11.4 Å². The topological polar surface area (TPSA) is 75.1 Å². The van der Waals surface area contributed by atoms with E-state index in [1.807, 2.05) is 0 Å². The van der Waals surface area contributed by atoms with Gasteiger partial charge in [0.1, 0.15) is 0 Å². The molecule has 1 atom stereocenters. The lowest BCUT2D eigenvalue weighted by Crippen LogP contribution is -2.36. The number of carboxylic acid groups (broad SMARTS) is 1. The van der Waals surface area contributed by atoms with Gasteiger partial charge < -0.3 is 5.11 Å². The second-order valence-electron chi connectivity index (χ2n) is 2.86. The second-order valence-corrected chi connectivity index (χ2v) is 2.86. The Hall–Kier alpha value is -1.49. The molecule has 68 valence electrons. The third kappa shape index (κ3) is 1.38. The summed E-state index contributed by atoms with van der Waals surface area (Å²) >= 11 is 0. The first-order chi connectivity index (χ1) is 6.29. The number of aliphatic carboxylic acids is 1. The molecule has 2 rings (SSSR count). The third-order valence-corrected chi connectivity index (χ3v) is 2.04. The Labute approximate surface area is 74.8 Å². The first kappa shape index (κ1) is 8.12. The maximum atomic E-state index is 10.8. The summed E-state index contributed by atoms with van der Waals surface area (Å²) in [6.07, 6.45) is 3.85. The van der Waals surface area contributed by atoms with Gasteiger partial charge in [-0.05, 0) is 0 Å². The van der Waals surface area contributed by atoms with Crippen molar-refractivity contribution in [2.24, 2.45) is 0 Å². The van der Waals surface area contributed by atoms with E-state index in [-0.39, 0.29) is 0 Å². The van der Waals surface area contributed by atoms with Crippen LogP contribution >= 0.6 is 0 Å². The largest absolute Gasteiger partial charge is 0.480 e. The van der Waals surface area contributed by atoms with Crippen LogP contribution in [-0.4, -0.2) is 27.6 Å². The Balaban J connectivity index is 2.42. The molecule has 0 spiro atoms. The van der Waals surface area contributed by atoms with Gasteiger partial charge >= 0.3 is 5.97 Å². The number of aromatic nitrogens is 2. The molecule has 0 aromatic carbocycles. The van der Waals surface area contributed by atoms with E-state index < -0.39 is 12.0 Å². The minimum atomic E-state index is -0.901. The van der Waals surface area contributed by atoms with E-state index in [0.717, 1.165) is 12.1 Å². The Morgan fingerprint density at radius 2 is 2.31 bits per heavy atom. The highest BCUT2D eigenvalue weighted by molar-refractivity contribution is 5.75. The number of rotatable bonds is 1. The molecule has 1 aromatic heterocycles. The smallest absolute Gasteiger partial charge is 0.327 e. The molecular formula is C8H9N3O2. The highest BCUT2D eigenvalue weighted by Crippen LogP contribution is 2.17. The summed E-state index contributed by atoms with van der Waals surface area (Å²) in [6, 6.07) is -0.697. The molecule has 0 aliphatic carbocycles. The van der Waals surface area contributed by atoms with Gasteiger partial charge in [-0.2, -0.15) is 0 Å². The fraction of sp³-hybridized carbons (Fsp3) is 0.375. The van der Waals surface area contributed by atoms with E-state index in [4.69, 9.17) is 5.11 Å².